The Morgan fingerprint density at radius 2 is 2.00 bits per heavy atom. The van der Waals surface area contributed by atoms with Crippen LogP contribution in [-0.4, -0.2) is 25.4 Å². The van der Waals surface area contributed by atoms with Gasteiger partial charge in [-0.3, -0.25) is 4.79 Å². The number of hydrogen-bond acceptors (Lipinski definition) is 3. The SMILES string of the molecule is O=C(O)C1C(c2cncnc2)C1(Cl)Cl. The predicted octanol–water partition coefficient (Wildman–Crippen LogP) is 1.45. The molecule has 0 aliphatic heterocycles. The summed E-state index contributed by atoms with van der Waals surface area (Å²) < 4.78 is -1.23. The van der Waals surface area contributed by atoms with Crippen molar-refractivity contribution in [3.05, 3.63) is 24.3 Å². The van der Waals surface area contributed by atoms with Crippen molar-refractivity contribution in [3.63, 3.8) is 0 Å². The highest BCUT2D eigenvalue weighted by Gasteiger charge is 2.68. The normalized spacial score (nSPS) is 28.4. The zero-order valence-corrected chi connectivity index (χ0v) is 8.40. The molecule has 0 amide bonds. The quantitative estimate of drug-likeness (QED) is 0.785. The van der Waals surface area contributed by atoms with Crippen molar-refractivity contribution in [1.82, 2.24) is 9.97 Å². The molecule has 2 unspecified atom stereocenters. The molecule has 0 spiro atoms. The van der Waals surface area contributed by atoms with E-state index in [-0.39, 0.29) is 0 Å². The highest BCUT2D eigenvalue weighted by atomic mass is 35.5. The van der Waals surface area contributed by atoms with Gasteiger partial charge in [-0.25, -0.2) is 9.97 Å². The van der Waals surface area contributed by atoms with Crippen molar-refractivity contribution >= 4 is 29.2 Å². The van der Waals surface area contributed by atoms with E-state index in [1.807, 2.05) is 0 Å². The summed E-state index contributed by atoms with van der Waals surface area (Å²) in [6.07, 6.45) is 4.42. The van der Waals surface area contributed by atoms with Gasteiger partial charge in [-0.1, -0.05) is 23.2 Å². The Bertz CT molecular complexity index is 369. The number of aromatic nitrogens is 2. The second kappa shape index (κ2) is 3.07. The van der Waals surface area contributed by atoms with Gasteiger partial charge in [0.05, 0.1) is 0 Å². The van der Waals surface area contributed by atoms with Crippen molar-refractivity contribution in [2.24, 2.45) is 5.92 Å². The minimum atomic E-state index is -1.23. The van der Waals surface area contributed by atoms with E-state index >= 15 is 0 Å². The molecule has 0 saturated heterocycles. The summed E-state index contributed by atoms with van der Waals surface area (Å²) in [5, 5.41) is 8.81. The maximum absolute atomic E-state index is 10.8. The summed E-state index contributed by atoms with van der Waals surface area (Å²) in [5.41, 5.74) is 0.657. The first-order valence-electron chi connectivity index (χ1n) is 3.90. The van der Waals surface area contributed by atoms with E-state index in [9.17, 15) is 4.79 Å². The molecule has 1 N–H and O–H groups in total. The summed E-state index contributed by atoms with van der Waals surface area (Å²) in [6, 6.07) is 0. The fraction of sp³-hybridized carbons (Fsp3) is 0.375. The molecule has 74 valence electrons. The Morgan fingerprint density at radius 3 is 2.43 bits per heavy atom. The standard InChI is InChI=1S/C8H6Cl2N2O2/c9-8(10)5(6(8)7(13)14)4-1-11-3-12-2-4/h1-3,5-6H,(H,13,14). The molecule has 1 aromatic heterocycles. The molecule has 1 aromatic rings. The zero-order chi connectivity index (χ0) is 10.3. The van der Waals surface area contributed by atoms with E-state index in [1.54, 1.807) is 0 Å². The first-order valence-corrected chi connectivity index (χ1v) is 4.66. The molecule has 14 heavy (non-hydrogen) atoms. The van der Waals surface area contributed by atoms with E-state index in [0.29, 0.717) is 5.56 Å². The average Bonchev–Trinajstić information content (AvgIpc) is 2.71. The Balaban J connectivity index is 2.28. The number of carbonyl (C=O) groups is 1. The van der Waals surface area contributed by atoms with Crippen LogP contribution >= 0.6 is 23.2 Å². The summed E-state index contributed by atoms with van der Waals surface area (Å²) in [6.45, 7) is 0. The van der Waals surface area contributed by atoms with E-state index < -0.39 is 22.1 Å². The molecule has 2 atom stereocenters. The molecule has 1 saturated carbocycles. The highest BCUT2D eigenvalue weighted by Crippen LogP contribution is 2.64. The summed E-state index contributed by atoms with van der Waals surface area (Å²) in [4.78, 5) is 18.3. The number of hydrogen-bond donors (Lipinski definition) is 1. The number of carboxylic acids is 1. The van der Waals surface area contributed by atoms with Gasteiger partial charge in [-0.2, -0.15) is 0 Å². The Morgan fingerprint density at radius 1 is 1.43 bits per heavy atom. The van der Waals surface area contributed by atoms with Crippen LogP contribution in [0.4, 0.5) is 0 Å². The van der Waals surface area contributed by atoms with Crippen LogP contribution in [0.1, 0.15) is 11.5 Å². The van der Waals surface area contributed by atoms with Gasteiger partial charge in [0.15, 0.2) is 0 Å². The van der Waals surface area contributed by atoms with Crippen LogP contribution in [0.3, 0.4) is 0 Å². The third-order valence-corrected chi connectivity index (χ3v) is 3.20. The molecule has 6 heteroatoms. The maximum atomic E-state index is 10.8. The molecule has 0 aromatic carbocycles. The third-order valence-electron chi connectivity index (χ3n) is 2.26. The summed E-state index contributed by atoms with van der Waals surface area (Å²) >= 11 is 11.7. The van der Waals surface area contributed by atoms with Crippen molar-refractivity contribution < 1.29 is 9.90 Å². The van der Waals surface area contributed by atoms with Crippen LogP contribution in [-0.2, 0) is 4.79 Å². The van der Waals surface area contributed by atoms with Crippen LogP contribution in [0.2, 0.25) is 0 Å². The van der Waals surface area contributed by atoms with Crippen molar-refractivity contribution in [1.29, 1.82) is 0 Å². The lowest BCUT2D eigenvalue weighted by molar-refractivity contribution is -0.138. The fourth-order valence-corrected chi connectivity index (χ4v) is 2.34. The smallest absolute Gasteiger partial charge is 0.310 e. The number of alkyl halides is 2. The first kappa shape index (κ1) is 9.68. The fourth-order valence-electron chi connectivity index (χ4n) is 1.52. The average molecular weight is 233 g/mol. The molecule has 1 fully saturated rings. The second-order valence-electron chi connectivity index (χ2n) is 3.14. The van der Waals surface area contributed by atoms with E-state index in [1.165, 1.54) is 18.7 Å². The molecule has 0 radical (unpaired) electrons. The topological polar surface area (TPSA) is 63.1 Å². The minimum Gasteiger partial charge on any atom is -0.481 e. The molecule has 2 rings (SSSR count). The van der Waals surface area contributed by atoms with Crippen LogP contribution in [0.5, 0.6) is 0 Å². The van der Waals surface area contributed by atoms with Crippen LogP contribution < -0.4 is 0 Å². The number of rotatable bonds is 2. The van der Waals surface area contributed by atoms with Crippen LogP contribution in [0.15, 0.2) is 18.7 Å². The predicted molar refractivity (Wildman–Crippen MR) is 50.3 cm³/mol. The molecule has 1 aliphatic rings. The number of halogens is 2. The van der Waals surface area contributed by atoms with Gasteiger partial charge >= 0.3 is 5.97 Å². The molecule has 1 heterocycles. The van der Waals surface area contributed by atoms with Crippen molar-refractivity contribution in [3.8, 4) is 0 Å². The van der Waals surface area contributed by atoms with Crippen LogP contribution in [0, 0.1) is 5.92 Å². The highest BCUT2D eigenvalue weighted by molar-refractivity contribution is 6.53. The second-order valence-corrected chi connectivity index (χ2v) is 4.58. The molecule has 4 nitrogen and oxygen atoms in total. The van der Waals surface area contributed by atoms with Crippen molar-refractivity contribution in [2.75, 3.05) is 0 Å². The molecular weight excluding hydrogens is 227 g/mol. The van der Waals surface area contributed by atoms with E-state index in [2.05, 4.69) is 9.97 Å². The monoisotopic (exact) mass is 232 g/mol. The van der Waals surface area contributed by atoms with Crippen LogP contribution in [0.25, 0.3) is 0 Å². The number of carboxylic acid groups (broad SMARTS) is 1. The van der Waals surface area contributed by atoms with Gasteiger partial charge < -0.3 is 5.11 Å². The lowest BCUT2D eigenvalue weighted by Crippen LogP contribution is -2.03. The molecule has 1 aliphatic carbocycles. The lowest BCUT2D eigenvalue weighted by Gasteiger charge is -1.96. The van der Waals surface area contributed by atoms with Gasteiger partial charge in [-0.15, -0.1) is 0 Å². The first-order chi connectivity index (χ1) is 6.55. The van der Waals surface area contributed by atoms with Gasteiger partial charge in [-0.05, 0) is 5.56 Å². The summed E-state index contributed by atoms with van der Waals surface area (Å²) in [5.74, 6) is -2.18. The van der Waals surface area contributed by atoms with E-state index in [4.69, 9.17) is 28.3 Å². The zero-order valence-electron chi connectivity index (χ0n) is 6.89. The maximum Gasteiger partial charge on any atom is 0.310 e. The largest absolute Gasteiger partial charge is 0.481 e. The van der Waals surface area contributed by atoms with Gasteiger partial charge in [0.25, 0.3) is 0 Å². The van der Waals surface area contributed by atoms with E-state index in [0.717, 1.165) is 0 Å². The Labute approximate surface area is 89.9 Å². The van der Waals surface area contributed by atoms with Gasteiger partial charge in [0.1, 0.15) is 16.6 Å². The lowest BCUT2D eigenvalue weighted by atomic mass is 10.2. The van der Waals surface area contributed by atoms with Gasteiger partial charge in [0, 0.05) is 18.3 Å². The number of aliphatic carboxylic acids is 1. The Kier molecular flexibility index (Phi) is 2.12. The summed E-state index contributed by atoms with van der Waals surface area (Å²) in [7, 11) is 0. The van der Waals surface area contributed by atoms with Crippen molar-refractivity contribution in [2.45, 2.75) is 10.3 Å². The Hall–Kier alpha value is -0.870. The third kappa shape index (κ3) is 1.35. The molecule has 0 bridgehead atoms. The minimum absolute atomic E-state index is 0.412. The van der Waals surface area contributed by atoms with Gasteiger partial charge in [0.2, 0.25) is 0 Å². The molecular formula is C8H6Cl2N2O2. The number of nitrogens with zero attached hydrogens (tertiary/aromatic N) is 2.